The van der Waals surface area contributed by atoms with E-state index in [4.69, 9.17) is 0 Å². The predicted molar refractivity (Wildman–Crippen MR) is 110 cm³/mol. The zero-order chi connectivity index (χ0) is 20.4. The fraction of sp³-hybridized carbons (Fsp3) is 0.417. The summed E-state index contributed by atoms with van der Waals surface area (Å²) in [5, 5.41) is 3.21. The third kappa shape index (κ3) is 3.91. The van der Waals surface area contributed by atoms with Gasteiger partial charge in [-0.3, -0.25) is 9.59 Å². The Labute approximate surface area is 171 Å². The predicted octanol–water partition coefficient (Wildman–Crippen LogP) is 4.23. The Morgan fingerprint density at radius 1 is 1.10 bits per heavy atom. The standard InChI is InChI=1S/C24H27FN2O2/c1-24(23(29)26-20-8-3-2-4-9-20)15-18-7-5-6-10-21(18)22(28)27(24)16-17-11-13-19(25)14-12-17/h5-7,10-14,20H,2-4,8-9,15-16H2,1H3,(H,26,29)/t24-/m1/s1. The summed E-state index contributed by atoms with van der Waals surface area (Å²) in [6, 6.07) is 13.8. The SMILES string of the molecule is C[C@]1(C(=O)NC2CCCCC2)Cc2ccccc2C(=O)N1Cc1ccc(F)cc1. The van der Waals surface area contributed by atoms with E-state index in [0.717, 1.165) is 36.8 Å². The van der Waals surface area contributed by atoms with E-state index in [1.54, 1.807) is 17.0 Å². The molecule has 29 heavy (non-hydrogen) atoms. The van der Waals surface area contributed by atoms with Gasteiger partial charge in [0.1, 0.15) is 11.4 Å². The van der Waals surface area contributed by atoms with E-state index in [9.17, 15) is 14.0 Å². The number of benzene rings is 2. The van der Waals surface area contributed by atoms with Crippen LogP contribution in [0.1, 0.15) is 60.5 Å². The molecule has 0 aromatic heterocycles. The maximum Gasteiger partial charge on any atom is 0.255 e. The second-order valence-electron chi connectivity index (χ2n) is 8.43. The molecular formula is C24H27FN2O2. The normalized spacial score (nSPS) is 22.3. The average Bonchev–Trinajstić information content (AvgIpc) is 2.73. The first-order valence-corrected chi connectivity index (χ1v) is 10.4. The highest BCUT2D eigenvalue weighted by molar-refractivity contribution is 6.02. The van der Waals surface area contributed by atoms with Crippen molar-refractivity contribution in [3.63, 3.8) is 0 Å². The van der Waals surface area contributed by atoms with Crippen LogP contribution in [0.3, 0.4) is 0 Å². The largest absolute Gasteiger partial charge is 0.351 e. The van der Waals surface area contributed by atoms with Gasteiger partial charge in [0.2, 0.25) is 5.91 Å². The van der Waals surface area contributed by atoms with Crippen LogP contribution < -0.4 is 5.32 Å². The van der Waals surface area contributed by atoms with Crippen LogP contribution in [0.5, 0.6) is 0 Å². The molecule has 5 heteroatoms. The number of carbonyl (C=O) groups excluding carboxylic acids is 2. The van der Waals surface area contributed by atoms with Gasteiger partial charge in [0.25, 0.3) is 5.91 Å². The van der Waals surface area contributed by atoms with Gasteiger partial charge in [0.15, 0.2) is 0 Å². The topological polar surface area (TPSA) is 49.4 Å². The van der Waals surface area contributed by atoms with Crippen LogP contribution in [-0.2, 0) is 17.8 Å². The van der Waals surface area contributed by atoms with Gasteiger partial charge in [-0.15, -0.1) is 0 Å². The molecule has 2 amide bonds. The molecule has 1 N–H and O–H groups in total. The van der Waals surface area contributed by atoms with Crippen molar-refractivity contribution in [2.45, 2.75) is 63.6 Å². The molecule has 2 aromatic carbocycles. The van der Waals surface area contributed by atoms with E-state index in [-0.39, 0.29) is 30.2 Å². The summed E-state index contributed by atoms with van der Waals surface area (Å²) in [6.07, 6.45) is 5.92. The van der Waals surface area contributed by atoms with Crippen molar-refractivity contribution in [1.29, 1.82) is 0 Å². The van der Waals surface area contributed by atoms with Gasteiger partial charge in [0, 0.05) is 24.6 Å². The van der Waals surface area contributed by atoms with Crippen LogP contribution in [0, 0.1) is 5.82 Å². The smallest absolute Gasteiger partial charge is 0.255 e. The number of amides is 2. The molecule has 4 nitrogen and oxygen atoms in total. The highest BCUT2D eigenvalue weighted by Gasteiger charge is 2.47. The first-order valence-electron chi connectivity index (χ1n) is 10.4. The highest BCUT2D eigenvalue weighted by atomic mass is 19.1. The summed E-state index contributed by atoms with van der Waals surface area (Å²) in [4.78, 5) is 28.5. The lowest BCUT2D eigenvalue weighted by atomic mass is 9.82. The van der Waals surface area contributed by atoms with Gasteiger partial charge in [-0.2, -0.15) is 0 Å². The molecule has 1 atom stereocenters. The zero-order valence-corrected chi connectivity index (χ0v) is 16.8. The third-order valence-corrected chi connectivity index (χ3v) is 6.31. The number of carbonyl (C=O) groups is 2. The molecule has 0 spiro atoms. The van der Waals surface area contributed by atoms with E-state index in [1.807, 2.05) is 31.2 Å². The highest BCUT2D eigenvalue weighted by Crippen LogP contribution is 2.33. The van der Waals surface area contributed by atoms with Gasteiger partial charge in [0.05, 0.1) is 0 Å². The van der Waals surface area contributed by atoms with Crippen LogP contribution in [0.2, 0.25) is 0 Å². The number of fused-ring (bicyclic) bond motifs is 1. The Balaban J connectivity index is 1.66. The molecule has 152 valence electrons. The van der Waals surface area contributed by atoms with Gasteiger partial charge in [-0.05, 0) is 49.1 Å². The van der Waals surface area contributed by atoms with Gasteiger partial charge < -0.3 is 10.2 Å². The minimum absolute atomic E-state index is 0.102. The third-order valence-electron chi connectivity index (χ3n) is 6.31. The van der Waals surface area contributed by atoms with E-state index in [2.05, 4.69) is 5.32 Å². The first-order chi connectivity index (χ1) is 14.0. The second-order valence-corrected chi connectivity index (χ2v) is 8.43. The van der Waals surface area contributed by atoms with E-state index in [1.165, 1.54) is 18.6 Å². The Bertz CT molecular complexity index is 905. The fourth-order valence-corrected chi connectivity index (χ4v) is 4.53. The van der Waals surface area contributed by atoms with Crippen LogP contribution >= 0.6 is 0 Å². The fourth-order valence-electron chi connectivity index (χ4n) is 4.53. The molecule has 2 aliphatic rings. The Morgan fingerprint density at radius 3 is 2.52 bits per heavy atom. The molecule has 0 radical (unpaired) electrons. The van der Waals surface area contributed by atoms with Crippen LogP contribution in [0.4, 0.5) is 4.39 Å². The second kappa shape index (κ2) is 7.97. The number of hydrogen-bond acceptors (Lipinski definition) is 2. The summed E-state index contributed by atoms with van der Waals surface area (Å²) in [5.41, 5.74) is 1.35. The molecule has 0 saturated heterocycles. The van der Waals surface area contributed by atoms with Gasteiger partial charge in [-0.25, -0.2) is 4.39 Å². The molecule has 4 rings (SSSR count). The number of nitrogens with zero attached hydrogens (tertiary/aromatic N) is 1. The van der Waals surface area contributed by atoms with E-state index < -0.39 is 5.54 Å². The van der Waals surface area contributed by atoms with Crippen molar-refractivity contribution < 1.29 is 14.0 Å². The van der Waals surface area contributed by atoms with E-state index in [0.29, 0.717) is 12.0 Å². The number of nitrogens with one attached hydrogen (secondary N) is 1. The molecule has 1 heterocycles. The molecule has 0 bridgehead atoms. The van der Waals surface area contributed by atoms with Gasteiger partial charge in [-0.1, -0.05) is 49.6 Å². The minimum atomic E-state index is -0.989. The quantitative estimate of drug-likeness (QED) is 0.844. The van der Waals surface area contributed by atoms with Crippen molar-refractivity contribution >= 4 is 11.8 Å². The van der Waals surface area contributed by atoms with E-state index >= 15 is 0 Å². The van der Waals surface area contributed by atoms with Crippen molar-refractivity contribution in [3.05, 3.63) is 71.0 Å². The summed E-state index contributed by atoms with van der Waals surface area (Å²) >= 11 is 0. The molecule has 1 aliphatic heterocycles. The monoisotopic (exact) mass is 394 g/mol. The molecule has 1 fully saturated rings. The Morgan fingerprint density at radius 2 is 1.79 bits per heavy atom. The number of hydrogen-bond donors (Lipinski definition) is 1. The van der Waals surface area contributed by atoms with Crippen molar-refractivity contribution in [2.75, 3.05) is 0 Å². The van der Waals surface area contributed by atoms with Crippen LogP contribution in [-0.4, -0.2) is 28.3 Å². The molecule has 1 aliphatic carbocycles. The van der Waals surface area contributed by atoms with Crippen molar-refractivity contribution in [3.8, 4) is 0 Å². The maximum absolute atomic E-state index is 13.4. The molecule has 1 saturated carbocycles. The molecule has 0 unspecified atom stereocenters. The minimum Gasteiger partial charge on any atom is -0.351 e. The molecule has 2 aromatic rings. The lowest BCUT2D eigenvalue weighted by molar-refractivity contribution is -0.133. The van der Waals surface area contributed by atoms with Crippen molar-refractivity contribution in [2.24, 2.45) is 0 Å². The van der Waals surface area contributed by atoms with Crippen LogP contribution in [0.25, 0.3) is 0 Å². The zero-order valence-electron chi connectivity index (χ0n) is 16.8. The molecular weight excluding hydrogens is 367 g/mol. The maximum atomic E-state index is 13.4. The van der Waals surface area contributed by atoms with Crippen LogP contribution in [0.15, 0.2) is 48.5 Å². The summed E-state index contributed by atoms with van der Waals surface area (Å²) in [6.45, 7) is 2.12. The number of rotatable bonds is 4. The Kier molecular flexibility index (Phi) is 5.39. The average molecular weight is 394 g/mol. The lowest BCUT2D eigenvalue weighted by Gasteiger charge is -2.45. The Hall–Kier alpha value is -2.69. The summed E-state index contributed by atoms with van der Waals surface area (Å²) < 4.78 is 13.3. The number of halogens is 1. The summed E-state index contributed by atoms with van der Waals surface area (Å²) in [7, 11) is 0. The first kappa shape index (κ1) is 19.6. The van der Waals surface area contributed by atoms with Gasteiger partial charge >= 0.3 is 0 Å². The van der Waals surface area contributed by atoms with Crippen molar-refractivity contribution in [1.82, 2.24) is 10.2 Å². The lowest BCUT2D eigenvalue weighted by Crippen LogP contribution is -2.63. The summed E-state index contributed by atoms with van der Waals surface area (Å²) in [5.74, 6) is -0.575.